The molecule has 3 aliphatic carbocycles. The number of allylic oxidation sites excluding steroid dienone is 6. The first-order chi connectivity index (χ1) is 23.5. The zero-order valence-corrected chi connectivity index (χ0v) is 28.9. The van der Waals surface area contributed by atoms with Gasteiger partial charge in [0.05, 0.1) is 36.0 Å². The van der Waals surface area contributed by atoms with Crippen LogP contribution < -0.4 is 14.5 Å². The van der Waals surface area contributed by atoms with Crippen molar-refractivity contribution in [3.8, 4) is 11.5 Å². The number of aromatic hydroxyl groups is 1. The van der Waals surface area contributed by atoms with Crippen molar-refractivity contribution >= 4 is 62.1 Å². The predicted molar refractivity (Wildman–Crippen MR) is 188 cm³/mol. The Morgan fingerprint density at radius 1 is 0.918 bits per heavy atom. The molecule has 0 spiro atoms. The van der Waals surface area contributed by atoms with Gasteiger partial charge >= 0.3 is 0 Å². The Balaban J connectivity index is 1.22. The monoisotopic (exact) mass is 720 g/mol. The minimum atomic E-state index is -0.804. The topological polar surface area (TPSA) is 129 Å². The summed E-state index contributed by atoms with van der Waals surface area (Å²) in [6.45, 7) is 1.60. The molecule has 0 saturated carbocycles. The number of azo groups is 1. The van der Waals surface area contributed by atoms with Gasteiger partial charge < -0.3 is 14.7 Å². The molecule has 49 heavy (non-hydrogen) atoms. The van der Waals surface area contributed by atoms with Gasteiger partial charge in [-0.3, -0.25) is 24.1 Å². The van der Waals surface area contributed by atoms with E-state index in [1.807, 2.05) is 49.3 Å². The van der Waals surface area contributed by atoms with Crippen molar-refractivity contribution in [1.82, 2.24) is 0 Å². The molecule has 7 rings (SSSR count). The lowest BCUT2D eigenvalue weighted by atomic mass is 9.59. The van der Waals surface area contributed by atoms with Gasteiger partial charge in [0.25, 0.3) is 0 Å². The van der Waals surface area contributed by atoms with E-state index in [1.165, 1.54) is 18.1 Å². The summed E-state index contributed by atoms with van der Waals surface area (Å²) < 4.78 is 6.03. The summed E-state index contributed by atoms with van der Waals surface area (Å²) in [6, 6.07) is 17.7. The van der Waals surface area contributed by atoms with Gasteiger partial charge in [0, 0.05) is 52.5 Å². The lowest BCUT2D eigenvalue weighted by Gasteiger charge is -2.42. The largest absolute Gasteiger partial charge is 0.504 e. The van der Waals surface area contributed by atoms with E-state index < -0.39 is 23.7 Å². The van der Waals surface area contributed by atoms with Crippen LogP contribution in [-0.2, 0) is 19.2 Å². The zero-order chi connectivity index (χ0) is 34.7. The van der Waals surface area contributed by atoms with Crippen LogP contribution >= 0.6 is 15.9 Å². The maximum atomic E-state index is 14.3. The van der Waals surface area contributed by atoms with Crippen molar-refractivity contribution in [2.45, 2.75) is 25.7 Å². The lowest BCUT2D eigenvalue weighted by molar-refractivity contribution is -0.123. The fourth-order valence-electron chi connectivity index (χ4n) is 7.54. The van der Waals surface area contributed by atoms with Crippen LogP contribution in [0.4, 0.5) is 22.7 Å². The van der Waals surface area contributed by atoms with E-state index in [4.69, 9.17) is 4.74 Å². The van der Waals surface area contributed by atoms with Gasteiger partial charge in [0.1, 0.15) is 0 Å². The third kappa shape index (κ3) is 5.42. The number of rotatable bonds is 6. The van der Waals surface area contributed by atoms with Crippen molar-refractivity contribution in [3.05, 3.63) is 105 Å². The molecule has 4 aliphatic rings. The number of Topliss-reactive ketones (excluding diaryl/α,β-unsaturated/α-hetero) is 1. The highest BCUT2D eigenvalue weighted by Crippen LogP contribution is 2.57. The molecule has 1 aliphatic heterocycles. The minimum Gasteiger partial charge on any atom is -0.504 e. The number of fused-ring (bicyclic) bond motifs is 3. The molecule has 0 radical (unpaired) electrons. The summed E-state index contributed by atoms with van der Waals surface area (Å²) in [7, 11) is 5.36. The van der Waals surface area contributed by atoms with E-state index in [0.717, 1.165) is 11.3 Å². The number of hydrogen-bond donors (Lipinski definition) is 1. The first-order valence-electron chi connectivity index (χ1n) is 15.9. The number of hydrogen-bond acceptors (Lipinski definition) is 9. The molecule has 1 saturated heterocycles. The molecular formula is C38H33BrN4O6. The highest BCUT2D eigenvalue weighted by Gasteiger charge is 2.57. The number of phenols is 1. The Labute approximate surface area is 291 Å². The van der Waals surface area contributed by atoms with Gasteiger partial charge in [-0.25, -0.2) is 0 Å². The van der Waals surface area contributed by atoms with Gasteiger partial charge in [0.2, 0.25) is 11.8 Å². The van der Waals surface area contributed by atoms with Crippen LogP contribution in [0, 0.1) is 17.8 Å². The second kappa shape index (κ2) is 12.4. The number of amides is 2. The number of halogens is 1. The third-order valence-corrected chi connectivity index (χ3v) is 10.4. The van der Waals surface area contributed by atoms with E-state index in [2.05, 4.69) is 26.2 Å². The van der Waals surface area contributed by atoms with E-state index in [1.54, 1.807) is 43.3 Å². The number of phenolic OH excluding ortho intramolecular Hbond substituents is 1. The first kappa shape index (κ1) is 32.4. The molecule has 11 heteroatoms. The van der Waals surface area contributed by atoms with Gasteiger partial charge in [0.15, 0.2) is 23.1 Å². The first-order valence-corrected chi connectivity index (χ1v) is 16.7. The van der Waals surface area contributed by atoms with Crippen molar-refractivity contribution < 1.29 is 29.0 Å². The van der Waals surface area contributed by atoms with Crippen LogP contribution in [0.2, 0.25) is 0 Å². The smallest absolute Gasteiger partial charge is 0.238 e. The number of anilines is 2. The Morgan fingerprint density at radius 3 is 2.20 bits per heavy atom. The summed E-state index contributed by atoms with van der Waals surface area (Å²) in [5.41, 5.74) is 4.76. The van der Waals surface area contributed by atoms with E-state index >= 15 is 0 Å². The Morgan fingerprint density at radius 2 is 1.57 bits per heavy atom. The third-order valence-electron chi connectivity index (χ3n) is 9.92. The van der Waals surface area contributed by atoms with Gasteiger partial charge in [-0.1, -0.05) is 27.6 Å². The molecule has 0 unspecified atom stereocenters. The van der Waals surface area contributed by atoms with Crippen molar-refractivity contribution in [2.75, 3.05) is 31.0 Å². The summed E-state index contributed by atoms with van der Waals surface area (Å²) >= 11 is 3.49. The molecule has 4 atom stereocenters. The number of imide groups is 1. The second-order valence-electron chi connectivity index (χ2n) is 12.9. The number of carbonyl (C=O) groups excluding carboxylic acids is 4. The van der Waals surface area contributed by atoms with E-state index in [0.29, 0.717) is 43.8 Å². The van der Waals surface area contributed by atoms with Crippen molar-refractivity contribution in [2.24, 2.45) is 28.0 Å². The van der Waals surface area contributed by atoms with E-state index in [9.17, 15) is 24.3 Å². The number of nitrogens with zero attached hydrogens (tertiary/aromatic N) is 4. The minimum absolute atomic E-state index is 0.140. The van der Waals surface area contributed by atoms with Crippen LogP contribution in [0.3, 0.4) is 0 Å². The quantitative estimate of drug-likeness (QED) is 0.123. The highest BCUT2D eigenvalue weighted by atomic mass is 79.9. The van der Waals surface area contributed by atoms with Crippen LogP contribution in [0.1, 0.15) is 31.2 Å². The molecule has 0 aromatic heterocycles. The summed E-state index contributed by atoms with van der Waals surface area (Å²) in [5.74, 6) is -3.93. The van der Waals surface area contributed by atoms with Crippen LogP contribution in [0.15, 0.2) is 110 Å². The number of benzene rings is 3. The summed E-state index contributed by atoms with van der Waals surface area (Å²) in [4.78, 5) is 58.6. The van der Waals surface area contributed by atoms with Crippen LogP contribution in [-0.4, -0.2) is 49.7 Å². The maximum absolute atomic E-state index is 14.3. The van der Waals surface area contributed by atoms with Gasteiger partial charge in [-0.2, -0.15) is 10.2 Å². The van der Waals surface area contributed by atoms with Crippen molar-refractivity contribution in [1.29, 1.82) is 0 Å². The van der Waals surface area contributed by atoms with Crippen molar-refractivity contribution in [3.63, 3.8) is 0 Å². The van der Waals surface area contributed by atoms with Gasteiger partial charge in [-0.05, 0) is 92.4 Å². The SMILES string of the molecule is COc1cc(Br)cc([C@H]2C3=CC[C@@H]4C(=O)N(c5ccc(N=Nc6ccc(N(C)C)cc6)cc5)C(=O)[C@@H]4[C@@H]3CC3=C2C(=O)C(C)=CC3=O)c1O. The fourth-order valence-corrected chi connectivity index (χ4v) is 8.00. The van der Waals surface area contributed by atoms with E-state index in [-0.39, 0.29) is 47.7 Å². The zero-order valence-electron chi connectivity index (χ0n) is 27.3. The van der Waals surface area contributed by atoms with Crippen LogP contribution in [0.25, 0.3) is 0 Å². The number of ketones is 2. The summed E-state index contributed by atoms with van der Waals surface area (Å²) in [6.07, 6.45) is 3.67. The molecular weight excluding hydrogens is 688 g/mol. The molecule has 0 bridgehead atoms. The van der Waals surface area contributed by atoms with Gasteiger partial charge in [-0.15, -0.1) is 0 Å². The molecule has 2 amide bonds. The van der Waals surface area contributed by atoms with Crippen LogP contribution in [0.5, 0.6) is 11.5 Å². The lowest BCUT2D eigenvalue weighted by Crippen LogP contribution is -2.39. The number of carbonyl (C=O) groups is 4. The molecule has 10 nitrogen and oxygen atoms in total. The molecule has 3 aromatic carbocycles. The average Bonchev–Trinajstić information content (AvgIpc) is 3.35. The average molecular weight is 722 g/mol. The standard InChI is InChI=1S/C38H33BrN4O6/c1-19-15-30(44)28-18-27-25(32(34(28)35(19)45)29-16-20(39)17-31(49-4)36(29)46)13-14-26-33(27)38(48)43(37(26)47)24-11-7-22(8-12-24)41-40-21-5-9-23(10-6-21)42(2)3/h5-13,15-17,26-27,32-33,46H,14,18H2,1-4H3/t26-,27+,32+,33-/m0/s1. The molecule has 1 heterocycles. The Bertz CT molecular complexity index is 2060. The molecule has 248 valence electrons. The Kier molecular flexibility index (Phi) is 8.18. The molecule has 1 fully saturated rings. The molecule has 1 N–H and O–H groups in total. The number of methoxy groups -OCH3 is 1. The molecule has 3 aromatic rings. The predicted octanol–water partition coefficient (Wildman–Crippen LogP) is 7.28. The summed E-state index contributed by atoms with van der Waals surface area (Å²) in [5, 5.41) is 20.0. The maximum Gasteiger partial charge on any atom is 0.238 e. The highest BCUT2D eigenvalue weighted by molar-refractivity contribution is 9.10. The fraction of sp³-hybridized carbons (Fsp3) is 0.263. The number of ether oxygens (including phenoxy) is 1. The second-order valence-corrected chi connectivity index (χ2v) is 13.8. The normalized spacial score (nSPS) is 23.3. The Hall–Kier alpha value is -5.16.